The topological polar surface area (TPSA) is 51.8 Å². The molecule has 3 nitrogen and oxygen atoms in total. The average molecular weight is 432 g/mol. The van der Waals surface area contributed by atoms with Gasteiger partial charge in [-0.2, -0.15) is 0 Å². The van der Waals surface area contributed by atoms with E-state index >= 15 is 0 Å². The molecule has 0 spiro atoms. The Labute approximate surface area is 186 Å². The standard InChI is InChI=1S/C26H26FN3S/c1-25(2,28)13-12-17-8-9-19(20(27)16-17)23-29-21-10-11-22(30-24(21)31-23)26(14-15-26)18-6-4-3-5-7-18/h3-11,16H,12-15,28H2,1-2H3. The Hall–Kier alpha value is -2.63. The fraction of sp³-hybridized carbons (Fsp3) is 0.308. The lowest BCUT2D eigenvalue weighted by atomic mass is 9.92. The van der Waals surface area contributed by atoms with Gasteiger partial charge in [0.15, 0.2) is 0 Å². The summed E-state index contributed by atoms with van der Waals surface area (Å²) in [5, 5.41) is 0.674. The Morgan fingerprint density at radius 2 is 1.81 bits per heavy atom. The summed E-state index contributed by atoms with van der Waals surface area (Å²) in [5.74, 6) is -0.241. The van der Waals surface area contributed by atoms with Crippen LogP contribution in [0.2, 0.25) is 0 Å². The third-order valence-electron chi connectivity index (χ3n) is 6.14. The highest BCUT2D eigenvalue weighted by Crippen LogP contribution is 2.53. The molecule has 2 aromatic heterocycles. The van der Waals surface area contributed by atoms with Crippen LogP contribution in [0.15, 0.2) is 60.7 Å². The van der Waals surface area contributed by atoms with E-state index in [1.54, 1.807) is 6.07 Å². The summed E-state index contributed by atoms with van der Waals surface area (Å²) in [7, 11) is 0. The first kappa shape index (κ1) is 20.3. The van der Waals surface area contributed by atoms with Gasteiger partial charge in [0.1, 0.15) is 21.2 Å². The number of fused-ring (bicyclic) bond motifs is 1. The van der Waals surface area contributed by atoms with E-state index in [1.807, 2.05) is 38.1 Å². The highest BCUT2D eigenvalue weighted by Gasteiger charge is 2.47. The number of benzene rings is 2. The highest BCUT2D eigenvalue weighted by molar-refractivity contribution is 7.21. The highest BCUT2D eigenvalue weighted by atomic mass is 32.1. The van der Waals surface area contributed by atoms with Gasteiger partial charge in [-0.3, -0.25) is 0 Å². The van der Waals surface area contributed by atoms with Gasteiger partial charge in [-0.25, -0.2) is 14.4 Å². The SMILES string of the molecule is CC(C)(N)CCc1ccc(-c2nc3ccc(C4(c5ccccc5)CC4)nc3s2)c(F)c1. The van der Waals surface area contributed by atoms with Crippen LogP contribution >= 0.6 is 11.3 Å². The van der Waals surface area contributed by atoms with Crippen LogP contribution in [0.1, 0.15) is 49.9 Å². The van der Waals surface area contributed by atoms with Crippen LogP contribution < -0.4 is 5.73 Å². The van der Waals surface area contributed by atoms with Gasteiger partial charge in [0.05, 0.1) is 5.69 Å². The largest absolute Gasteiger partial charge is 0.326 e. The van der Waals surface area contributed by atoms with Crippen LogP contribution in [-0.2, 0) is 11.8 Å². The molecule has 1 aliphatic carbocycles. The Bertz CT molecular complexity index is 1240. The average Bonchev–Trinajstić information content (AvgIpc) is 3.45. The van der Waals surface area contributed by atoms with Gasteiger partial charge in [0, 0.05) is 16.5 Å². The number of nitrogens with zero attached hydrogens (tertiary/aromatic N) is 2. The van der Waals surface area contributed by atoms with Crippen molar-refractivity contribution in [2.24, 2.45) is 5.73 Å². The molecule has 0 atom stereocenters. The minimum atomic E-state index is -0.260. The van der Waals surface area contributed by atoms with Gasteiger partial charge >= 0.3 is 0 Å². The number of nitrogens with two attached hydrogens (primary N) is 1. The van der Waals surface area contributed by atoms with Crippen LogP contribution in [-0.4, -0.2) is 15.5 Å². The summed E-state index contributed by atoms with van der Waals surface area (Å²) in [6.45, 7) is 3.98. The van der Waals surface area contributed by atoms with Crippen LogP contribution in [0, 0.1) is 5.82 Å². The predicted octanol–water partition coefficient (Wildman–Crippen LogP) is 6.25. The van der Waals surface area contributed by atoms with Crippen molar-refractivity contribution in [2.75, 3.05) is 0 Å². The molecule has 0 radical (unpaired) electrons. The second-order valence-corrected chi connectivity index (χ2v) is 10.3. The van der Waals surface area contributed by atoms with Crippen LogP contribution in [0.5, 0.6) is 0 Å². The number of rotatable bonds is 6. The summed E-state index contributed by atoms with van der Waals surface area (Å²) in [6.07, 6.45) is 3.78. The molecule has 0 aliphatic heterocycles. The molecule has 2 N–H and O–H groups in total. The van der Waals surface area contributed by atoms with Crippen molar-refractivity contribution >= 4 is 21.7 Å². The van der Waals surface area contributed by atoms with Crippen molar-refractivity contribution in [1.82, 2.24) is 9.97 Å². The van der Waals surface area contributed by atoms with E-state index in [9.17, 15) is 4.39 Å². The molecule has 2 aromatic carbocycles. The molecule has 0 amide bonds. The predicted molar refractivity (Wildman–Crippen MR) is 126 cm³/mol. The lowest BCUT2D eigenvalue weighted by Crippen LogP contribution is -2.32. The number of hydrogen-bond donors (Lipinski definition) is 1. The maximum atomic E-state index is 14.9. The van der Waals surface area contributed by atoms with E-state index < -0.39 is 0 Å². The zero-order chi connectivity index (χ0) is 21.6. The molecule has 1 aliphatic rings. The number of thiazole rings is 1. The Morgan fingerprint density at radius 3 is 2.48 bits per heavy atom. The van der Waals surface area contributed by atoms with Crippen LogP contribution in [0.4, 0.5) is 4.39 Å². The fourth-order valence-electron chi connectivity index (χ4n) is 4.13. The molecule has 2 heterocycles. The molecule has 4 aromatic rings. The van der Waals surface area contributed by atoms with Gasteiger partial charge in [-0.1, -0.05) is 47.7 Å². The maximum Gasteiger partial charge on any atom is 0.144 e. The smallest absolute Gasteiger partial charge is 0.144 e. The monoisotopic (exact) mass is 431 g/mol. The number of hydrogen-bond acceptors (Lipinski definition) is 4. The molecule has 158 valence electrons. The summed E-state index contributed by atoms with van der Waals surface area (Å²) < 4.78 is 14.9. The molecule has 1 fully saturated rings. The summed E-state index contributed by atoms with van der Waals surface area (Å²) in [6, 6.07) is 20.1. The first-order valence-corrected chi connectivity index (χ1v) is 11.6. The van der Waals surface area contributed by atoms with Gasteiger partial charge in [-0.05, 0) is 74.9 Å². The molecule has 31 heavy (non-hydrogen) atoms. The van der Waals surface area contributed by atoms with E-state index in [0.29, 0.717) is 10.6 Å². The van der Waals surface area contributed by atoms with Crippen molar-refractivity contribution in [2.45, 2.75) is 50.5 Å². The van der Waals surface area contributed by atoms with E-state index in [0.717, 1.165) is 47.3 Å². The molecule has 5 rings (SSSR count). The van der Waals surface area contributed by atoms with Crippen molar-refractivity contribution < 1.29 is 4.39 Å². The minimum absolute atomic E-state index is 0.0171. The minimum Gasteiger partial charge on any atom is -0.326 e. The fourth-order valence-corrected chi connectivity index (χ4v) is 5.09. The maximum absolute atomic E-state index is 14.9. The zero-order valence-electron chi connectivity index (χ0n) is 17.9. The summed E-state index contributed by atoms with van der Waals surface area (Å²) in [4.78, 5) is 10.5. The summed E-state index contributed by atoms with van der Waals surface area (Å²) in [5.41, 5.74) is 10.5. The normalized spacial score (nSPS) is 15.4. The Balaban J connectivity index is 1.45. The number of aryl methyl sites for hydroxylation is 1. The van der Waals surface area contributed by atoms with Crippen molar-refractivity contribution in [3.63, 3.8) is 0 Å². The lowest BCUT2D eigenvalue weighted by Gasteiger charge is -2.18. The second-order valence-electron chi connectivity index (χ2n) is 9.29. The van der Waals surface area contributed by atoms with Gasteiger partial charge < -0.3 is 5.73 Å². The summed E-state index contributed by atoms with van der Waals surface area (Å²) >= 11 is 1.46. The number of pyridine rings is 1. The van der Waals surface area contributed by atoms with E-state index in [2.05, 4.69) is 35.3 Å². The zero-order valence-corrected chi connectivity index (χ0v) is 18.7. The molecule has 0 unspecified atom stereocenters. The van der Waals surface area contributed by atoms with Crippen LogP contribution in [0.25, 0.3) is 20.9 Å². The van der Waals surface area contributed by atoms with Crippen molar-refractivity contribution in [1.29, 1.82) is 0 Å². The first-order chi connectivity index (χ1) is 14.8. The molecule has 0 saturated heterocycles. The third kappa shape index (κ3) is 4.00. The van der Waals surface area contributed by atoms with Gasteiger partial charge in [-0.15, -0.1) is 0 Å². The molecule has 0 bridgehead atoms. The quantitative estimate of drug-likeness (QED) is 0.393. The lowest BCUT2D eigenvalue weighted by molar-refractivity contribution is 0.476. The van der Waals surface area contributed by atoms with E-state index in [4.69, 9.17) is 10.7 Å². The number of aromatic nitrogens is 2. The third-order valence-corrected chi connectivity index (χ3v) is 7.14. The van der Waals surface area contributed by atoms with Crippen molar-refractivity contribution in [3.05, 3.63) is 83.3 Å². The van der Waals surface area contributed by atoms with Gasteiger partial charge in [0.25, 0.3) is 0 Å². The number of halogens is 1. The molecular weight excluding hydrogens is 405 g/mol. The van der Waals surface area contributed by atoms with Crippen molar-refractivity contribution in [3.8, 4) is 10.6 Å². The second kappa shape index (κ2) is 7.50. The molecule has 5 heteroatoms. The first-order valence-electron chi connectivity index (χ1n) is 10.8. The van der Waals surface area contributed by atoms with Gasteiger partial charge in [0.2, 0.25) is 0 Å². The molecular formula is C26H26FN3S. The van der Waals surface area contributed by atoms with E-state index in [-0.39, 0.29) is 16.8 Å². The Kier molecular flexibility index (Phi) is 4.91. The molecule has 1 saturated carbocycles. The van der Waals surface area contributed by atoms with Crippen LogP contribution in [0.3, 0.4) is 0 Å². The Morgan fingerprint density at radius 1 is 1.03 bits per heavy atom. The van der Waals surface area contributed by atoms with E-state index in [1.165, 1.54) is 16.9 Å².